The van der Waals surface area contributed by atoms with E-state index in [0.29, 0.717) is 0 Å². The van der Waals surface area contributed by atoms with E-state index < -0.39 is 0 Å². The van der Waals surface area contributed by atoms with E-state index in [0.717, 1.165) is 26.6 Å². The lowest BCUT2D eigenvalue weighted by atomic mass is 9.89. The molecule has 0 amide bonds. The summed E-state index contributed by atoms with van der Waals surface area (Å²) in [4.78, 5) is 1.21. The second kappa shape index (κ2) is 5.51. The zero-order chi connectivity index (χ0) is 17.9. The average Bonchev–Trinajstić information content (AvgIpc) is 2.89. The Hall–Kier alpha value is -1.98. The maximum atomic E-state index is 13.4. The van der Waals surface area contributed by atoms with E-state index in [1.807, 2.05) is 0 Å². The molecule has 4 rings (SSSR count). The van der Waals surface area contributed by atoms with Gasteiger partial charge in [0.15, 0.2) is 3.95 Å². The van der Waals surface area contributed by atoms with Crippen molar-refractivity contribution in [2.24, 2.45) is 0 Å². The number of halogens is 1. The highest BCUT2D eigenvalue weighted by Gasteiger charge is 2.35. The third-order valence-electron chi connectivity index (χ3n) is 4.80. The number of aromatic nitrogens is 1. The number of hydrogen-bond acceptors (Lipinski definition) is 3. The van der Waals surface area contributed by atoms with Gasteiger partial charge in [-0.1, -0.05) is 0 Å². The van der Waals surface area contributed by atoms with Gasteiger partial charge in [-0.25, -0.2) is 4.39 Å². The first-order valence-electron chi connectivity index (χ1n) is 8.20. The van der Waals surface area contributed by atoms with Crippen molar-refractivity contribution in [2.45, 2.75) is 33.2 Å². The second-order valence-corrected chi connectivity index (χ2v) is 8.73. The van der Waals surface area contributed by atoms with Crippen molar-refractivity contribution in [2.75, 3.05) is 5.32 Å². The molecule has 2 aromatic carbocycles. The van der Waals surface area contributed by atoms with Crippen LogP contribution in [0, 0.1) is 23.6 Å². The topological polar surface area (TPSA) is 17.0 Å². The van der Waals surface area contributed by atoms with E-state index in [4.69, 9.17) is 12.2 Å². The van der Waals surface area contributed by atoms with Crippen LogP contribution in [0.4, 0.5) is 10.1 Å². The van der Waals surface area contributed by atoms with Crippen molar-refractivity contribution in [1.82, 2.24) is 4.57 Å². The lowest BCUT2D eigenvalue weighted by Gasteiger charge is -2.34. The molecule has 1 aromatic heterocycles. The predicted octanol–water partition coefficient (Wildman–Crippen LogP) is 6.35. The Morgan fingerprint density at radius 3 is 2.40 bits per heavy atom. The zero-order valence-corrected chi connectivity index (χ0v) is 16.2. The Morgan fingerprint density at radius 2 is 1.72 bits per heavy atom. The molecule has 5 heteroatoms. The number of benzene rings is 2. The minimum absolute atomic E-state index is 0.215. The van der Waals surface area contributed by atoms with Crippen LogP contribution >= 0.6 is 23.6 Å². The van der Waals surface area contributed by atoms with Crippen LogP contribution in [-0.2, 0) is 5.54 Å². The summed E-state index contributed by atoms with van der Waals surface area (Å²) in [6.45, 7) is 8.59. The Morgan fingerprint density at radius 1 is 1.08 bits per heavy atom. The van der Waals surface area contributed by atoms with Crippen LogP contribution in [0.3, 0.4) is 0 Å². The number of aryl methyl sites for hydroxylation is 2. The van der Waals surface area contributed by atoms with Gasteiger partial charge in [0.05, 0.1) is 16.1 Å². The smallest absolute Gasteiger partial charge is 0.166 e. The van der Waals surface area contributed by atoms with Crippen molar-refractivity contribution in [3.05, 3.63) is 62.2 Å². The zero-order valence-electron chi connectivity index (χ0n) is 14.6. The number of fused-ring (bicyclic) bond motifs is 3. The molecule has 0 unspecified atom stereocenters. The molecule has 128 valence electrons. The second-order valence-electron chi connectivity index (χ2n) is 7.09. The van der Waals surface area contributed by atoms with Gasteiger partial charge in [0.2, 0.25) is 0 Å². The van der Waals surface area contributed by atoms with Crippen LogP contribution in [0.1, 0.15) is 29.9 Å². The molecule has 0 atom stereocenters. The lowest BCUT2D eigenvalue weighted by molar-refractivity contribution is 0.615. The van der Waals surface area contributed by atoms with Gasteiger partial charge in [-0.05, 0) is 87.4 Å². The third-order valence-corrected chi connectivity index (χ3v) is 6.50. The van der Waals surface area contributed by atoms with Crippen LogP contribution in [0.25, 0.3) is 16.9 Å². The van der Waals surface area contributed by atoms with E-state index in [9.17, 15) is 4.39 Å². The van der Waals surface area contributed by atoms with Gasteiger partial charge in [-0.15, -0.1) is 11.3 Å². The summed E-state index contributed by atoms with van der Waals surface area (Å²) < 4.78 is 16.2. The molecule has 0 fully saturated rings. The molecule has 2 nitrogen and oxygen atoms in total. The van der Waals surface area contributed by atoms with Crippen molar-refractivity contribution in [3.8, 4) is 16.9 Å². The summed E-state index contributed by atoms with van der Waals surface area (Å²) in [6, 6.07) is 10.9. The van der Waals surface area contributed by atoms with Crippen LogP contribution in [0.5, 0.6) is 0 Å². The van der Waals surface area contributed by atoms with E-state index >= 15 is 0 Å². The summed E-state index contributed by atoms with van der Waals surface area (Å²) in [5.74, 6) is -0.242. The predicted molar refractivity (Wildman–Crippen MR) is 106 cm³/mol. The van der Waals surface area contributed by atoms with Gasteiger partial charge < -0.3 is 5.32 Å². The summed E-state index contributed by atoms with van der Waals surface area (Å²) in [6.07, 6.45) is 0. The Kier molecular flexibility index (Phi) is 3.63. The van der Waals surface area contributed by atoms with Gasteiger partial charge in [0.1, 0.15) is 5.82 Å². The molecule has 0 saturated heterocycles. The van der Waals surface area contributed by atoms with Crippen molar-refractivity contribution >= 4 is 29.2 Å². The molecule has 2 heterocycles. The van der Waals surface area contributed by atoms with Crippen molar-refractivity contribution < 1.29 is 4.39 Å². The van der Waals surface area contributed by atoms with E-state index in [1.165, 1.54) is 28.1 Å². The molecule has 3 aromatic rings. The first-order valence-corrected chi connectivity index (χ1v) is 9.42. The van der Waals surface area contributed by atoms with Crippen LogP contribution < -0.4 is 5.32 Å². The quantitative estimate of drug-likeness (QED) is 0.503. The molecule has 0 aliphatic carbocycles. The fourth-order valence-electron chi connectivity index (χ4n) is 3.37. The number of hydrogen-bond donors (Lipinski definition) is 1. The van der Waals surface area contributed by atoms with Gasteiger partial charge >= 0.3 is 0 Å². The summed E-state index contributed by atoms with van der Waals surface area (Å²) >= 11 is 7.30. The molecule has 25 heavy (non-hydrogen) atoms. The van der Waals surface area contributed by atoms with E-state index in [2.05, 4.69) is 49.7 Å². The molecule has 0 spiro atoms. The van der Waals surface area contributed by atoms with Gasteiger partial charge in [0, 0.05) is 16.9 Å². The minimum Gasteiger partial charge on any atom is -0.375 e. The van der Waals surface area contributed by atoms with Gasteiger partial charge in [-0.2, -0.15) is 0 Å². The first-order chi connectivity index (χ1) is 11.8. The largest absolute Gasteiger partial charge is 0.375 e. The third kappa shape index (κ3) is 2.53. The van der Waals surface area contributed by atoms with E-state index in [-0.39, 0.29) is 11.4 Å². The normalized spacial score (nSPS) is 14.6. The summed E-state index contributed by atoms with van der Waals surface area (Å²) in [7, 11) is 0. The Balaban J connectivity index is 2.08. The standard InChI is InChI=1S/C20H19FN2S2/c1-11-9-15-16(10-12(11)2)22-20(3,4)18-17(15)23(19(24)25-18)14-7-5-13(21)6-8-14/h5-10,22H,1-4H3. The average molecular weight is 371 g/mol. The molecule has 1 N–H and O–H groups in total. The molecular formula is C20H19FN2S2. The Bertz CT molecular complexity index is 1040. The molecule has 1 aliphatic rings. The number of thiazole rings is 1. The van der Waals surface area contributed by atoms with Crippen LogP contribution in [-0.4, -0.2) is 4.57 Å². The fourth-order valence-corrected chi connectivity index (χ4v) is 4.89. The highest BCUT2D eigenvalue weighted by atomic mass is 32.1. The number of anilines is 1. The minimum atomic E-state index is -0.242. The maximum Gasteiger partial charge on any atom is 0.166 e. The van der Waals surface area contributed by atoms with Crippen molar-refractivity contribution in [1.29, 1.82) is 0 Å². The molecular weight excluding hydrogens is 351 g/mol. The highest BCUT2D eigenvalue weighted by molar-refractivity contribution is 7.73. The summed E-state index contributed by atoms with van der Waals surface area (Å²) in [5, 5.41) is 3.65. The SMILES string of the molecule is Cc1cc2c(cc1C)-c1c(sc(=S)n1-c1ccc(F)cc1)C(C)(C)N2. The lowest BCUT2D eigenvalue weighted by Crippen LogP contribution is -2.31. The van der Waals surface area contributed by atoms with Crippen LogP contribution in [0.2, 0.25) is 0 Å². The van der Waals surface area contributed by atoms with E-state index in [1.54, 1.807) is 23.5 Å². The number of rotatable bonds is 1. The molecule has 0 radical (unpaired) electrons. The summed E-state index contributed by atoms with van der Waals surface area (Å²) in [5.41, 5.74) is 6.56. The molecule has 0 saturated carbocycles. The maximum absolute atomic E-state index is 13.4. The van der Waals surface area contributed by atoms with Crippen LogP contribution in [0.15, 0.2) is 36.4 Å². The van der Waals surface area contributed by atoms with Gasteiger partial charge in [0.25, 0.3) is 0 Å². The monoisotopic (exact) mass is 370 g/mol. The molecule has 0 bridgehead atoms. The first kappa shape index (κ1) is 16.5. The molecule has 1 aliphatic heterocycles. The number of nitrogens with zero attached hydrogens (tertiary/aromatic N) is 1. The van der Waals surface area contributed by atoms with Gasteiger partial charge in [-0.3, -0.25) is 4.57 Å². The Labute approximate surface area is 156 Å². The highest BCUT2D eigenvalue weighted by Crippen LogP contribution is 2.48. The number of nitrogens with one attached hydrogen (secondary N) is 1. The van der Waals surface area contributed by atoms with Crippen molar-refractivity contribution in [3.63, 3.8) is 0 Å². The fraction of sp³-hybridized carbons (Fsp3) is 0.250.